The Labute approximate surface area is 156 Å². The molecule has 0 atom stereocenters. The van der Waals surface area contributed by atoms with Crippen molar-refractivity contribution in [2.75, 3.05) is 20.6 Å². The monoisotopic (exact) mass is 383 g/mol. The molecule has 0 bridgehead atoms. The van der Waals surface area contributed by atoms with Gasteiger partial charge in [-0.15, -0.1) is 0 Å². The summed E-state index contributed by atoms with van der Waals surface area (Å²) in [6.07, 6.45) is 3.16. The van der Waals surface area contributed by atoms with Gasteiger partial charge in [-0.2, -0.15) is 0 Å². The van der Waals surface area contributed by atoms with Crippen LogP contribution in [0.2, 0.25) is 15.1 Å². The Morgan fingerprint density at radius 3 is 2.57 bits per heavy atom. The minimum atomic E-state index is 0.494. The molecular formula is C18H16Cl3NS. The highest BCUT2D eigenvalue weighted by Gasteiger charge is 2.26. The van der Waals surface area contributed by atoms with Crippen LogP contribution < -0.4 is 0 Å². The van der Waals surface area contributed by atoms with Gasteiger partial charge in [0.1, 0.15) is 0 Å². The summed E-state index contributed by atoms with van der Waals surface area (Å²) < 4.78 is 0. The van der Waals surface area contributed by atoms with Crippen molar-refractivity contribution >= 4 is 52.1 Å². The van der Waals surface area contributed by atoms with Crippen molar-refractivity contribution in [2.24, 2.45) is 0 Å². The van der Waals surface area contributed by atoms with Crippen molar-refractivity contribution in [3.8, 4) is 0 Å². The molecule has 2 aromatic carbocycles. The van der Waals surface area contributed by atoms with Gasteiger partial charge in [0, 0.05) is 21.9 Å². The minimum absolute atomic E-state index is 0.494. The summed E-state index contributed by atoms with van der Waals surface area (Å²) in [4.78, 5) is 4.33. The molecule has 0 aliphatic carbocycles. The molecule has 0 unspecified atom stereocenters. The smallest absolute Gasteiger partial charge is 0.0683 e. The van der Waals surface area contributed by atoms with E-state index in [0.29, 0.717) is 15.1 Å². The third kappa shape index (κ3) is 3.42. The number of nitrogens with zero attached hydrogens (tertiary/aromatic N) is 1. The molecule has 0 saturated carbocycles. The van der Waals surface area contributed by atoms with Gasteiger partial charge in [0.25, 0.3) is 0 Å². The molecule has 3 rings (SSSR count). The number of hydrogen-bond donors (Lipinski definition) is 0. The van der Waals surface area contributed by atoms with Gasteiger partial charge in [-0.1, -0.05) is 70.8 Å². The van der Waals surface area contributed by atoms with Crippen molar-refractivity contribution in [1.29, 1.82) is 0 Å². The van der Waals surface area contributed by atoms with Crippen LogP contribution in [0.5, 0.6) is 0 Å². The summed E-state index contributed by atoms with van der Waals surface area (Å²) in [7, 11) is 4.13. The molecule has 0 amide bonds. The van der Waals surface area contributed by atoms with E-state index in [-0.39, 0.29) is 0 Å². The molecule has 120 valence electrons. The van der Waals surface area contributed by atoms with Crippen molar-refractivity contribution in [1.82, 2.24) is 4.90 Å². The fourth-order valence-electron chi connectivity index (χ4n) is 2.62. The quantitative estimate of drug-likeness (QED) is 0.474. The van der Waals surface area contributed by atoms with Crippen molar-refractivity contribution in [3.63, 3.8) is 0 Å². The van der Waals surface area contributed by atoms with Crippen molar-refractivity contribution in [3.05, 3.63) is 62.6 Å². The number of hydrogen-bond acceptors (Lipinski definition) is 2. The second-order valence-electron chi connectivity index (χ2n) is 5.67. The second-order valence-corrected chi connectivity index (χ2v) is 7.91. The summed E-state index contributed by atoms with van der Waals surface area (Å²) in [6.45, 7) is 0.972. The highest BCUT2D eigenvalue weighted by Crippen LogP contribution is 2.52. The van der Waals surface area contributed by atoms with Crippen LogP contribution in [0.25, 0.3) is 5.57 Å². The molecule has 0 radical (unpaired) electrons. The molecule has 1 aliphatic rings. The Hall–Kier alpha value is -0.640. The third-order valence-corrected chi connectivity index (χ3v) is 6.11. The molecule has 0 saturated heterocycles. The molecule has 1 aliphatic heterocycles. The van der Waals surface area contributed by atoms with Gasteiger partial charge in [-0.25, -0.2) is 0 Å². The summed E-state index contributed by atoms with van der Waals surface area (Å²) >= 11 is 20.9. The molecule has 5 heteroatoms. The van der Waals surface area contributed by atoms with E-state index in [1.807, 2.05) is 12.1 Å². The van der Waals surface area contributed by atoms with Crippen LogP contribution in [-0.4, -0.2) is 25.5 Å². The number of fused-ring (bicyclic) bond motifs is 2. The Bertz CT molecular complexity index is 784. The molecule has 2 aromatic rings. The summed E-state index contributed by atoms with van der Waals surface area (Å²) in [6, 6.07) is 10.0. The first-order valence-electron chi connectivity index (χ1n) is 7.29. The van der Waals surface area contributed by atoms with Gasteiger partial charge < -0.3 is 4.90 Å². The summed E-state index contributed by atoms with van der Waals surface area (Å²) in [5, 5.41) is 1.71. The highest BCUT2D eigenvalue weighted by molar-refractivity contribution is 7.99. The normalized spacial score (nSPS) is 15.0. The van der Waals surface area contributed by atoms with E-state index in [4.69, 9.17) is 34.8 Å². The lowest BCUT2D eigenvalue weighted by Gasteiger charge is -2.25. The Balaban J connectivity index is 2.18. The first-order valence-corrected chi connectivity index (χ1v) is 9.24. The van der Waals surface area contributed by atoms with E-state index < -0.39 is 0 Å². The molecule has 0 spiro atoms. The lowest BCUT2D eigenvalue weighted by Crippen LogP contribution is -2.12. The fraction of sp³-hybridized carbons (Fsp3) is 0.222. The SMILES string of the molecule is CN(C)CC/C=C1/c2ccccc2Sc2c(Cl)cc(Cl)c(Cl)c21. The molecule has 0 aromatic heterocycles. The van der Waals surface area contributed by atoms with Crippen molar-refractivity contribution < 1.29 is 0 Å². The first kappa shape index (κ1) is 17.2. The standard InChI is InChI=1S/C18H16Cl3NS/c1-22(2)9-5-7-12-11-6-3-4-8-15(11)23-18-14(20)10-13(19)17(21)16(12)18/h3-4,6-8,10H,5,9H2,1-2H3/b12-7-. The van der Waals surface area contributed by atoms with E-state index in [1.165, 1.54) is 10.5 Å². The maximum atomic E-state index is 6.53. The number of rotatable bonds is 3. The van der Waals surface area contributed by atoms with E-state index in [1.54, 1.807) is 17.8 Å². The number of halogens is 3. The Kier molecular flexibility index (Phi) is 5.29. The van der Waals surface area contributed by atoms with Crippen LogP contribution in [0.4, 0.5) is 0 Å². The van der Waals surface area contributed by atoms with Crippen LogP contribution in [0.3, 0.4) is 0 Å². The molecule has 0 N–H and O–H groups in total. The average molecular weight is 385 g/mol. The molecule has 1 heterocycles. The topological polar surface area (TPSA) is 3.24 Å². The van der Waals surface area contributed by atoms with E-state index in [0.717, 1.165) is 29.0 Å². The second kappa shape index (κ2) is 7.08. The van der Waals surface area contributed by atoms with E-state index >= 15 is 0 Å². The predicted octanol–water partition coefficient (Wildman–Crippen LogP) is 6.49. The zero-order valence-electron chi connectivity index (χ0n) is 12.9. The first-order chi connectivity index (χ1) is 11.0. The largest absolute Gasteiger partial charge is 0.309 e. The zero-order valence-corrected chi connectivity index (χ0v) is 16.0. The van der Waals surface area contributed by atoms with Gasteiger partial charge >= 0.3 is 0 Å². The molecule has 1 nitrogen and oxygen atoms in total. The van der Waals surface area contributed by atoms with Gasteiger partial charge in [0.2, 0.25) is 0 Å². The lowest BCUT2D eigenvalue weighted by molar-refractivity contribution is 0.417. The van der Waals surface area contributed by atoms with Crippen LogP contribution in [0.1, 0.15) is 17.5 Å². The predicted molar refractivity (Wildman–Crippen MR) is 102 cm³/mol. The minimum Gasteiger partial charge on any atom is -0.309 e. The zero-order chi connectivity index (χ0) is 16.6. The summed E-state index contributed by atoms with van der Waals surface area (Å²) in [5.74, 6) is 0. The van der Waals surface area contributed by atoms with E-state index in [9.17, 15) is 0 Å². The Morgan fingerprint density at radius 1 is 1.09 bits per heavy atom. The van der Waals surface area contributed by atoms with Crippen LogP contribution in [0, 0.1) is 0 Å². The molecular weight excluding hydrogens is 369 g/mol. The van der Waals surface area contributed by atoms with Crippen LogP contribution >= 0.6 is 46.6 Å². The third-order valence-electron chi connectivity index (χ3n) is 3.71. The van der Waals surface area contributed by atoms with Gasteiger partial charge in [0.05, 0.1) is 15.1 Å². The van der Waals surface area contributed by atoms with Crippen LogP contribution in [0.15, 0.2) is 46.2 Å². The maximum absolute atomic E-state index is 6.53. The van der Waals surface area contributed by atoms with E-state index in [2.05, 4.69) is 37.2 Å². The molecule has 0 fully saturated rings. The van der Waals surface area contributed by atoms with Gasteiger partial charge in [-0.3, -0.25) is 0 Å². The number of benzene rings is 2. The summed E-state index contributed by atoms with van der Waals surface area (Å²) in [5.41, 5.74) is 3.25. The average Bonchev–Trinajstić information content (AvgIpc) is 2.52. The van der Waals surface area contributed by atoms with Crippen molar-refractivity contribution in [2.45, 2.75) is 16.2 Å². The highest BCUT2D eigenvalue weighted by atomic mass is 35.5. The molecule has 23 heavy (non-hydrogen) atoms. The Morgan fingerprint density at radius 2 is 1.83 bits per heavy atom. The fourth-order valence-corrected chi connectivity index (χ4v) is 4.63. The van der Waals surface area contributed by atoms with Crippen LogP contribution in [-0.2, 0) is 0 Å². The van der Waals surface area contributed by atoms with Gasteiger partial charge in [0.15, 0.2) is 0 Å². The lowest BCUT2D eigenvalue weighted by atomic mass is 9.96. The van der Waals surface area contributed by atoms with Gasteiger partial charge in [-0.05, 0) is 43.8 Å². The maximum Gasteiger partial charge on any atom is 0.0683 e.